The molecule has 2 heterocycles. The molecule has 5 heteroatoms. The van der Waals surface area contributed by atoms with Crippen LogP contribution in [0.5, 0.6) is 0 Å². The fourth-order valence-electron chi connectivity index (χ4n) is 2.79. The van der Waals surface area contributed by atoms with Gasteiger partial charge in [0.25, 0.3) is 0 Å². The number of hydrogen-bond donors (Lipinski definition) is 1. The summed E-state index contributed by atoms with van der Waals surface area (Å²) in [5, 5.41) is 9.73. The smallest absolute Gasteiger partial charge is 0.371 e. The Morgan fingerprint density at radius 2 is 2.24 bits per heavy atom. The summed E-state index contributed by atoms with van der Waals surface area (Å²) in [6, 6.07) is 7.24. The summed E-state index contributed by atoms with van der Waals surface area (Å²) in [4.78, 5) is 24.7. The molecule has 1 unspecified atom stereocenters. The average Bonchev–Trinajstić information content (AvgIpc) is 2.86. The highest BCUT2D eigenvalue weighted by Gasteiger charge is 2.23. The molecule has 2 aromatic rings. The van der Waals surface area contributed by atoms with Crippen molar-refractivity contribution in [1.82, 2.24) is 4.90 Å². The number of piperidine rings is 1. The van der Waals surface area contributed by atoms with Gasteiger partial charge < -0.3 is 9.52 Å². The van der Waals surface area contributed by atoms with Crippen molar-refractivity contribution in [3.05, 3.63) is 35.6 Å². The maximum absolute atomic E-state index is 11.5. The molecular formula is C16H17NO4. The highest BCUT2D eigenvalue weighted by atomic mass is 16.4. The molecule has 5 nitrogen and oxygen atoms in total. The first-order chi connectivity index (χ1) is 10.0. The Labute approximate surface area is 122 Å². The van der Waals surface area contributed by atoms with E-state index in [-0.39, 0.29) is 11.7 Å². The number of likely N-dealkylation sites (tertiary alicyclic amines) is 1. The molecule has 1 N–H and O–H groups in total. The third kappa shape index (κ3) is 2.83. The minimum absolute atomic E-state index is 0.0423. The summed E-state index contributed by atoms with van der Waals surface area (Å²) in [6.07, 6.45) is 0.609. The number of nitrogens with zero attached hydrogens (tertiary/aromatic N) is 1. The maximum Gasteiger partial charge on any atom is 0.371 e. The molecule has 3 rings (SSSR count). The van der Waals surface area contributed by atoms with E-state index < -0.39 is 5.97 Å². The quantitative estimate of drug-likeness (QED) is 0.939. The predicted octanol–water partition coefficient (Wildman–Crippen LogP) is 2.54. The molecule has 1 aliphatic rings. The van der Waals surface area contributed by atoms with Crippen molar-refractivity contribution in [1.29, 1.82) is 0 Å². The first-order valence-corrected chi connectivity index (χ1v) is 7.04. The van der Waals surface area contributed by atoms with Gasteiger partial charge in [0.1, 0.15) is 11.4 Å². The number of hydrogen-bond acceptors (Lipinski definition) is 4. The van der Waals surface area contributed by atoms with E-state index in [1.54, 1.807) is 12.1 Å². The van der Waals surface area contributed by atoms with Gasteiger partial charge in [-0.1, -0.05) is 13.0 Å². The van der Waals surface area contributed by atoms with Gasteiger partial charge in [0.15, 0.2) is 0 Å². The Morgan fingerprint density at radius 3 is 2.95 bits per heavy atom. The number of Topliss-reactive ketones (excluding diaryl/α,β-unsaturated/α-hetero) is 1. The number of carbonyl (C=O) groups is 2. The van der Waals surface area contributed by atoms with Crippen LogP contribution < -0.4 is 0 Å². The summed E-state index contributed by atoms with van der Waals surface area (Å²) in [7, 11) is 0. The zero-order chi connectivity index (χ0) is 15.0. The zero-order valence-corrected chi connectivity index (χ0v) is 11.8. The van der Waals surface area contributed by atoms with Gasteiger partial charge in [-0.15, -0.1) is 0 Å². The van der Waals surface area contributed by atoms with Crippen molar-refractivity contribution < 1.29 is 19.1 Å². The Morgan fingerprint density at radius 1 is 1.43 bits per heavy atom. The molecular weight excluding hydrogens is 270 g/mol. The van der Waals surface area contributed by atoms with Crippen LogP contribution in [-0.2, 0) is 11.3 Å². The van der Waals surface area contributed by atoms with Crippen molar-refractivity contribution in [3.63, 3.8) is 0 Å². The molecule has 0 amide bonds. The number of aromatic carboxylic acids is 1. The molecule has 1 saturated heterocycles. The second kappa shape index (κ2) is 5.33. The van der Waals surface area contributed by atoms with Crippen LogP contribution in [0.2, 0.25) is 0 Å². The van der Waals surface area contributed by atoms with Crippen LogP contribution in [-0.4, -0.2) is 34.8 Å². The SMILES string of the molecule is CC1CN(Cc2ccc3oc(C(=O)O)cc3c2)CCC1=O. The Kier molecular flexibility index (Phi) is 3.51. The van der Waals surface area contributed by atoms with Crippen LogP contribution in [0.15, 0.2) is 28.7 Å². The van der Waals surface area contributed by atoms with Crippen LogP contribution in [0.4, 0.5) is 0 Å². The molecule has 110 valence electrons. The fraction of sp³-hybridized carbons (Fsp3) is 0.375. The van der Waals surface area contributed by atoms with E-state index in [1.165, 1.54) is 0 Å². The number of rotatable bonds is 3. The number of ketones is 1. The third-order valence-corrected chi connectivity index (χ3v) is 3.95. The number of benzene rings is 1. The van der Waals surface area contributed by atoms with E-state index in [0.717, 1.165) is 30.6 Å². The molecule has 0 saturated carbocycles. The zero-order valence-electron chi connectivity index (χ0n) is 11.8. The van der Waals surface area contributed by atoms with Crippen molar-refractivity contribution >= 4 is 22.7 Å². The van der Waals surface area contributed by atoms with Gasteiger partial charge in [0, 0.05) is 37.4 Å². The Bertz CT molecular complexity index is 703. The average molecular weight is 287 g/mol. The molecule has 1 fully saturated rings. The van der Waals surface area contributed by atoms with E-state index in [0.29, 0.717) is 17.8 Å². The Hall–Kier alpha value is -2.14. The number of carboxylic acid groups (broad SMARTS) is 1. The molecule has 21 heavy (non-hydrogen) atoms. The standard InChI is InChI=1S/C16H17NO4/c1-10-8-17(5-4-13(10)18)9-11-2-3-14-12(6-11)7-15(21-14)16(19)20/h2-3,6-7,10H,4-5,8-9H2,1H3,(H,19,20). The monoisotopic (exact) mass is 287 g/mol. The molecule has 1 aromatic carbocycles. The first-order valence-electron chi connectivity index (χ1n) is 7.04. The van der Waals surface area contributed by atoms with Gasteiger partial charge in [-0.2, -0.15) is 0 Å². The largest absolute Gasteiger partial charge is 0.475 e. The van der Waals surface area contributed by atoms with Crippen molar-refractivity contribution in [2.75, 3.05) is 13.1 Å². The fourth-order valence-corrected chi connectivity index (χ4v) is 2.79. The normalized spacial score (nSPS) is 20.0. The van der Waals surface area contributed by atoms with Crippen LogP contribution in [0.25, 0.3) is 11.0 Å². The summed E-state index contributed by atoms with van der Waals surface area (Å²) in [5.41, 5.74) is 1.68. The molecule has 1 aliphatic heterocycles. The number of carboxylic acids is 1. The molecule has 1 atom stereocenters. The second-order valence-electron chi connectivity index (χ2n) is 5.64. The van der Waals surface area contributed by atoms with Gasteiger partial charge in [0.05, 0.1) is 0 Å². The number of fused-ring (bicyclic) bond motifs is 1. The maximum atomic E-state index is 11.5. The summed E-state index contributed by atoms with van der Waals surface area (Å²) in [5.74, 6) is -0.673. The first kappa shape index (κ1) is 13.8. The summed E-state index contributed by atoms with van der Waals surface area (Å²) >= 11 is 0. The van der Waals surface area contributed by atoms with E-state index in [2.05, 4.69) is 4.90 Å². The molecule has 1 aromatic heterocycles. The van der Waals surface area contributed by atoms with Crippen molar-refractivity contribution in [2.45, 2.75) is 19.9 Å². The van der Waals surface area contributed by atoms with Crippen molar-refractivity contribution in [2.24, 2.45) is 5.92 Å². The van der Waals surface area contributed by atoms with Crippen LogP contribution >= 0.6 is 0 Å². The van der Waals surface area contributed by atoms with Gasteiger partial charge in [-0.25, -0.2) is 4.79 Å². The molecule has 0 bridgehead atoms. The number of carbonyl (C=O) groups excluding carboxylic acids is 1. The highest BCUT2D eigenvalue weighted by Crippen LogP contribution is 2.22. The van der Waals surface area contributed by atoms with Gasteiger partial charge >= 0.3 is 5.97 Å². The topological polar surface area (TPSA) is 70.8 Å². The molecule has 0 spiro atoms. The highest BCUT2D eigenvalue weighted by molar-refractivity contribution is 5.91. The molecule has 0 aliphatic carbocycles. The second-order valence-corrected chi connectivity index (χ2v) is 5.64. The third-order valence-electron chi connectivity index (χ3n) is 3.95. The van der Waals surface area contributed by atoms with E-state index in [9.17, 15) is 9.59 Å². The van der Waals surface area contributed by atoms with Gasteiger partial charge in [-0.05, 0) is 23.8 Å². The Balaban J connectivity index is 1.78. The van der Waals surface area contributed by atoms with E-state index >= 15 is 0 Å². The summed E-state index contributed by atoms with van der Waals surface area (Å²) in [6.45, 7) is 4.30. The lowest BCUT2D eigenvalue weighted by Gasteiger charge is -2.29. The summed E-state index contributed by atoms with van der Waals surface area (Å²) < 4.78 is 5.25. The predicted molar refractivity (Wildman–Crippen MR) is 77.2 cm³/mol. The lowest BCUT2D eigenvalue weighted by atomic mass is 9.98. The van der Waals surface area contributed by atoms with Crippen LogP contribution in [0, 0.1) is 5.92 Å². The van der Waals surface area contributed by atoms with Crippen molar-refractivity contribution in [3.8, 4) is 0 Å². The molecule has 0 radical (unpaired) electrons. The minimum atomic E-state index is -1.06. The van der Waals surface area contributed by atoms with E-state index in [4.69, 9.17) is 9.52 Å². The van der Waals surface area contributed by atoms with Gasteiger partial charge in [-0.3, -0.25) is 9.69 Å². The van der Waals surface area contributed by atoms with Crippen LogP contribution in [0.1, 0.15) is 29.5 Å². The lowest BCUT2D eigenvalue weighted by molar-refractivity contribution is -0.125. The van der Waals surface area contributed by atoms with Crippen LogP contribution in [0.3, 0.4) is 0 Å². The minimum Gasteiger partial charge on any atom is -0.475 e. The lowest BCUT2D eigenvalue weighted by Crippen LogP contribution is -2.38. The van der Waals surface area contributed by atoms with E-state index in [1.807, 2.05) is 19.1 Å². The van der Waals surface area contributed by atoms with Gasteiger partial charge in [0.2, 0.25) is 5.76 Å². The number of furan rings is 1.